The number of nitrogens with zero attached hydrogens (tertiary/aromatic N) is 1. The van der Waals surface area contributed by atoms with Gasteiger partial charge < -0.3 is 20.1 Å². The summed E-state index contributed by atoms with van der Waals surface area (Å²) in [6.45, 7) is 5.98. The molecule has 8 rings (SSSR count). The summed E-state index contributed by atoms with van der Waals surface area (Å²) in [6.07, 6.45) is 5.21. The van der Waals surface area contributed by atoms with Gasteiger partial charge >= 0.3 is 0 Å². The van der Waals surface area contributed by atoms with Crippen molar-refractivity contribution < 1.29 is 20.1 Å². The highest BCUT2D eigenvalue weighted by Gasteiger charge is 2.76. The zero-order valence-electron chi connectivity index (χ0n) is 17.8. The quantitative estimate of drug-likeness (QED) is 0.667. The first kappa shape index (κ1) is 18.1. The molecule has 5 atom stereocenters. The predicted molar refractivity (Wildman–Crippen MR) is 112 cm³/mol. The second kappa shape index (κ2) is 5.25. The summed E-state index contributed by atoms with van der Waals surface area (Å²) < 4.78 is 6.63. The number of benzene rings is 1. The van der Waals surface area contributed by atoms with Crippen LogP contribution in [0, 0.1) is 17.3 Å². The first-order valence-electron chi connectivity index (χ1n) is 11.6. The Morgan fingerprint density at radius 1 is 1.27 bits per heavy atom. The minimum atomic E-state index is -0.916. The Morgan fingerprint density at radius 2 is 2.07 bits per heavy atom. The third-order valence-corrected chi connectivity index (χ3v) is 9.32. The Balaban J connectivity index is 1.50. The molecule has 160 valence electrons. The molecule has 5 aliphatic carbocycles. The summed E-state index contributed by atoms with van der Waals surface area (Å²) in [4.78, 5) is 2.70. The molecule has 5 nitrogen and oxygen atoms in total. The van der Waals surface area contributed by atoms with E-state index in [1.54, 1.807) is 6.07 Å². The molecule has 2 heterocycles. The summed E-state index contributed by atoms with van der Waals surface area (Å²) in [5.74, 6) is 1.60. The second-order valence-electron chi connectivity index (χ2n) is 11.4. The van der Waals surface area contributed by atoms with Gasteiger partial charge in [-0.2, -0.15) is 0 Å². The van der Waals surface area contributed by atoms with Crippen LogP contribution in [0.15, 0.2) is 23.3 Å². The molecule has 3 fully saturated rings. The van der Waals surface area contributed by atoms with E-state index < -0.39 is 11.0 Å². The van der Waals surface area contributed by atoms with Crippen molar-refractivity contribution in [2.45, 2.75) is 69.1 Å². The average molecular weight is 410 g/mol. The molecule has 7 aliphatic rings. The Morgan fingerprint density at radius 3 is 2.77 bits per heavy atom. The Hall–Kier alpha value is -1.56. The molecule has 1 aromatic carbocycles. The van der Waals surface area contributed by atoms with Crippen LogP contribution < -0.4 is 4.74 Å². The molecule has 1 spiro atoms. The van der Waals surface area contributed by atoms with Gasteiger partial charge in [-0.1, -0.05) is 11.6 Å². The largest absolute Gasteiger partial charge is 0.504 e. The number of hydrogen-bond acceptors (Lipinski definition) is 5. The summed E-state index contributed by atoms with van der Waals surface area (Å²) in [5, 5.41) is 32.6. The normalized spacial score (nSPS) is 40.7. The van der Waals surface area contributed by atoms with E-state index in [4.69, 9.17) is 4.74 Å². The van der Waals surface area contributed by atoms with Gasteiger partial charge in [-0.15, -0.1) is 0 Å². The highest BCUT2D eigenvalue weighted by Crippen LogP contribution is 2.75. The molecule has 2 aliphatic heterocycles. The minimum Gasteiger partial charge on any atom is -0.504 e. The van der Waals surface area contributed by atoms with Crippen molar-refractivity contribution in [3.8, 4) is 11.5 Å². The zero-order chi connectivity index (χ0) is 20.6. The van der Waals surface area contributed by atoms with Gasteiger partial charge in [0.1, 0.15) is 6.10 Å². The maximum Gasteiger partial charge on any atom is 0.165 e. The second-order valence-corrected chi connectivity index (χ2v) is 11.4. The summed E-state index contributed by atoms with van der Waals surface area (Å²) in [6, 6.07) is 4.23. The van der Waals surface area contributed by atoms with Crippen LogP contribution in [0.3, 0.4) is 0 Å². The van der Waals surface area contributed by atoms with Crippen LogP contribution >= 0.6 is 0 Å². The lowest BCUT2D eigenvalue weighted by molar-refractivity contribution is -0.172. The monoisotopic (exact) mass is 409 g/mol. The first-order chi connectivity index (χ1) is 14.3. The SMILES string of the molecule is CC(C)(O)[C@H]1C2=C3C4Cc5ccc(O)c6c5C3(CCN4CC3CC3)C(O6)[C@@]1(CO)C2. The first-order valence-corrected chi connectivity index (χ1v) is 11.6. The van der Waals surface area contributed by atoms with Crippen molar-refractivity contribution in [1.82, 2.24) is 4.90 Å². The van der Waals surface area contributed by atoms with Crippen LogP contribution in [-0.2, 0) is 11.8 Å². The average Bonchev–Trinajstić information content (AvgIpc) is 3.41. The number of phenols is 1. The molecule has 1 aromatic rings. The lowest BCUT2D eigenvalue weighted by atomic mass is 9.37. The standard InChI is InChI=1S/C25H31NO4/c1-23(2,29)21-15-10-24(21,12-27)22-25-7-8-26(11-13-3-4-13)16(19(15)25)9-14-5-6-17(28)20(30-22)18(14)25/h5-6,13,16,21-22,27-29H,3-4,7-12H2,1-2H3/t16?,21-,22?,24-,25?/m1/s1. The molecule has 0 amide bonds. The number of phenolic OH excluding ortho intramolecular Hbond substituents is 1. The zero-order valence-corrected chi connectivity index (χ0v) is 17.8. The lowest BCUT2D eigenvalue weighted by Crippen LogP contribution is -2.74. The van der Waals surface area contributed by atoms with Gasteiger partial charge in [-0.05, 0) is 69.1 Å². The summed E-state index contributed by atoms with van der Waals surface area (Å²) in [5.41, 5.74) is 3.68. The van der Waals surface area contributed by atoms with Crippen molar-refractivity contribution in [3.63, 3.8) is 0 Å². The van der Waals surface area contributed by atoms with E-state index >= 15 is 0 Å². The fourth-order valence-electron chi connectivity index (χ4n) is 8.39. The fourth-order valence-corrected chi connectivity index (χ4v) is 8.39. The molecular formula is C25H31NO4. The number of aliphatic hydroxyl groups is 2. The Kier molecular flexibility index (Phi) is 3.16. The molecule has 30 heavy (non-hydrogen) atoms. The lowest BCUT2D eigenvalue weighted by Gasteiger charge is -2.69. The van der Waals surface area contributed by atoms with Crippen LogP contribution in [0.25, 0.3) is 0 Å². The number of rotatable bonds is 4. The van der Waals surface area contributed by atoms with E-state index in [-0.39, 0.29) is 29.8 Å². The van der Waals surface area contributed by atoms with Gasteiger partial charge in [0.25, 0.3) is 0 Å². The van der Waals surface area contributed by atoms with Gasteiger partial charge in [0, 0.05) is 36.0 Å². The number of piperidine rings is 1. The maximum atomic E-state index is 11.2. The highest BCUT2D eigenvalue weighted by atomic mass is 16.5. The van der Waals surface area contributed by atoms with Crippen LogP contribution in [0.4, 0.5) is 0 Å². The Bertz CT molecular complexity index is 1010. The third-order valence-electron chi connectivity index (χ3n) is 9.32. The molecule has 0 aromatic heterocycles. The minimum absolute atomic E-state index is 0.00535. The fraction of sp³-hybridized carbons (Fsp3) is 0.680. The summed E-state index contributed by atoms with van der Waals surface area (Å²) in [7, 11) is 0. The molecule has 0 radical (unpaired) electrons. The number of aromatic hydroxyl groups is 1. The molecule has 4 bridgehead atoms. The topological polar surface area (TPSA) is 73.2 Å². The Labute approximate surface area is 177 Å². The predicted octanol–water partition coefficient (Wildman–Crippen LogP) is 2.51. The molecule has 5 heteroatoms. The van der Waals surface area contributed by atoms with Crippen molar-refractivity contribution in [3.05, 3.63) is 34.4 Å². The highest BCUT2D eigenvalue weighted by molar-refractivity contribution is 5.69. The molecule has 3 unspecified atom stereocenters. The molecule has 3 N–H and O–H groups in total. The van der Waals surface area contributed by atoms with E-state index in [2.05, 4.69) is 11.0 Å². The van der Waals surface area contributed by atoms with Crippen molar-refractivity contribution in [2.75, 3.05) is 19.7 Å². The molecular weight excluding hydrogens is 378 g/mol. The number of aliphatic hydroxyl groups excluding tert-OH is 1. The van der Waals surface area contributed by atoms with E-state index in [1.165, 1.54) is 41.7 Å². The number of ether oxygens (including phenoxy) is 1. The van der Waals surface area contributed by atoms with Crippen LogP contribution in [0.5, 0.6) is 11.5 Å². The van der Waals surface area contributed by atoms with Crippen molar-refractivity contribution in [1.29, 1.82) is 0 Å². The van der Waals surface area contributed by atoms with E-state index in [0.29, 0.717) is 11.8 Å². The number of hydrogen-bond donors (Lipinski definition) is 3. The van der Waals surface area contributed by atoms with E-state index in [9.17, 15) is 15.3 Å². The van der Waals surface area contributed by atoms with Crippen molar-refractivity contribution in [2.24, 2.45) is 17.3 Å². The van der Waals surface area contributed by atoms with E-state index in [0.717, 1.165) is 31.7 Å². The van der Waals surface area contributed by atoms with Crippen LogP contribution in [0.1, 0.15) is 50.7 Å². The van der Waals surface area contributed by atoms with Crippen LogP contribution in [0.2, 0.25) is 0 Å². The number of likely N-dealkylation sites (tertiary alicyclic amines) is 1. The maximum absolute atomic E-state index is 11.2. The van der Waals surface area contributed by atoms with Gasteiger partial charge in [-0.25, -0.2) is 0 Å². The van der Waals surface area contributed by atoms with Gasteiger partial charge in [0.15, 0.2) is 11.5 Å². The van der Waals surface area contributed by atoms with Crippen molar-refractivity contribution >= 4 is 0 Å². The van der Waals surface area contributed by atoms with Gasteiger partial charge in [-0.3, -0.25) is 4.90 Å². The molecule has 2 saturated carbocycles. The smallest absolute Gasteiger partial charge is 0.165 e. The molecule has 1 saturated heterocycles. The third kappa shape index (κ3) is 1.84. The van der Waals surface area contributed by atoms with Gasteiger partial charge in [0.2, 0.25) is 0 Å². The van der Waals surface area contributed by atoms with Crippen LogP contribution in [-0.4, -0.2) is 57.7 Å². The van der Waals surface area contributed by atoms with E-state index in [1.807, 2.05) is 13.8 Å². The summed E-state index contributed by atoms with van der Waals surface area (Å²) >= 11 is 0. The van der Waals surface area contributed by atoms with Gasteiger partial charge in [0.05, 0.1) is 17.6 Å².